The van der Waals surface area contributed by atoms with Crippen LogP contribution in [0.3, 0.4) is 0 Å². The van der Waals surface area contributed by atoms with Gasteiger partial charge in [0.1, 0.15) is 17.5 Å². The third-order valence-corrected chi connectivity index (χ3v) is 3.89. The van der Waals surface area contributed by atoms with E-state index >= 15 is 0 Å². The summed E-state index contributed by atoms with van der Waals surface area (Å²) in [6, 6.07) is 9.46. The zero-order chi connectivity index (χ0) is 17.3. The number of ether oxygens (including phenoxy) is 2. The van der Waals surface area contributed by atoms with E-state index in [4.69, 9.17) is 9.47 Å². The molecule has 0 saturated carbocycles. The molecule has 0 bridgehead atoms. The molecule has 0 aliphatic carbocycles. The van der Waals surface area contributed by atoms with Crippen molar-refractivity contribution >= 4 is 23.7 Å². The van der Waals surface area contributed by atoms with Crippen molar-refractivity contribution in [3.8, 4) is 0 Å². The van der Waals surface area contributed by atoms with E-state index < -0.39 is 10.9 Å². The summed E-state index contributed by atoms with van der Waals surface area (Å²) in [7, 11) is 0. The topological polar surface area (TPSA) is 52.6 Å². The summed E-state index contributed by atoms with van der Waals surface area (Å²) >= 11 is 1.22. The molecule has 1 unspecified atom stereocenters. The Morgan fingerprint density at radius 2 is 1.91 bits per heavy atom. The van der Waals surface area contributed by atoms with Crippen LogP contribution in [0, 0.1) is 0 Å². The van der Waals surface area contributed by atoms with Gasteiger partial charge in [-0.3, -0.25) is 9.59 Å². The summed E-state index contributed by atoms with van der Waals surface area (Å²) < 4.78 is 10.6. The first-order valence-corrected chi connectivity index (χ1v) is 8.51. The lowest BCUT2D eigenvalue weighted by Crippen LogP contribution is -2.30. The second-order valence-corrected chi connectivity index (χ2v) is 7.19. The van der Waals surface area contributed by atoms with E-state index in [0.29, 0.717) is 6.42 Å². The Morgan fingerprint density at radius 1 is 1.26 bits per heavy atom. The highest BCUT2D eigenvalue weighted by Crippen LogP contribution is 2.20. The molecule has 0 amide bonds. The van der Waals surface area contributed by atoms with Crippen molar-refractivity contribution in [3.05, 3.63) is 48.6 Å². The minimum Gasteiger partial charge on any atom is -0.460 e. The monoisotopic (exact) mass is 336 g/mol. The molecule has 0 aliphatic heterocycles. The molecule has 0 fully saturated rings. The van der Waals surface area contributed by atoms with Gasteiger partial charge in [-0.05, 0) is 32.8 Å². The molecule has 1 aromatic rings. The predicted molar refractivity (Wildman–Crippen MR) is 93.1 cm³/mol. The predicted octanol–water partition coefficient (Wildman–Crippen LogP) is 3.75. The van der Waals surface area contributed by atoms with Gasteiger partial charge in [0.15, 0.2) is 0 Å². The fourth-order valence-electron chi connectivity index (χ4n) is 1.70. The molecule has 126 valence electrons. The van der Waals surface area contributed by atoms with Crippen molar-refractivity contribution in [2.24, 2.45) is 0 Å². The molecule has 0 aromatic heterocycles. The number of rotatable bonds is 8. The van der Waals surface area contributed by atoms with Crippen molar-refractivity contribution in [3.63, 3.8) is 0 Å². The zero-order valence-corrected chi connectivity index (χ0v) is 14.7. The van der Waals surface area contributed by atoms with Gasteiger partial charge in [-0.2, -0.15) is 0 Å². The zero-order valence-electron chi connectivity index (χ0n) is 13.9. The van der Waals surface area contributed by atoms with Gasteiger partial charge in [-0.1, -0.05) is 36.4 Å². The molecule has 0 spiro atoms. The summed E-state index contributed by atoms with van der Waals surface area (Å²) in [5.74, 6) is -0.584. The number of allylic oxidation sites excluding steroid dienone is 1. The van der Waals surface area contributed by atoms with E-state index in [1.807, 2.05) is 51.1 Å². The van der Waals surface area contributed by atoms with Gasteiger partial charge in [0, 0.05) is 0 Å². The highest BCUT2D eigenvalue weighted by atomic mass is 32.2. The van der Waals surface area contributed by atoms with Crippen LogP contribution < -0.4 is 0 Å². The largest absolute Gasteiger partial charge is 0.460 e. The standard InChI is InChI=1S/C18H24O4S/c1-5-9-15(17(20)22-18(2,3)4)23-13-16(19)21-12-14-10-7-6-8-11-14/h5-8,10-11,15H,1,9,12-13H2,2-4H3. The van der Waals surface area contributed by atoms with E-state index in [0.717, 1.165) is 5.56 Å². The van der Waals surface area contributed by atoms with Crippen LogP contribution in [0.15, 0.2) is 43.0 Å². The second-order valence-electron chi connectivity index (χ2n) is 6.00. The van der Waals surface area contributed by atoms with Crippen molar-refractivity contribution in [2.45, 2.75) is 44.6 Å². The van der Waals surface area contributed by atoms with Crippen molar-refractivity contribution < 1.29 is 19.1 Å². The van der Waals surface area contributed by atoms with Crippen LogP contribution in [0.1, 0.15) is 32.8 Å². The summed E-state index contributed by atoms with van der Waals surface area (Å²) in [5, 5.41) is -0.448. The van der Waals surface area contributed by atoms with Crippen molar-refractivity contribution in [2.75, 3.05) is 5.75 Å². The lowest BCUT2D eigenvalue weighted by molar-refractivity contribution is -0.154. The lowest BCUT2D eigenvalue weighted by atomic mass is 10.2. The molecule has 0 aliphatic rings. The Hall–Kier alpha value is -1.75. The smallest absolute Gasteiger partial charge is 0.319 e. The molecule has 0 saturated heterocycles. The average molecular weight is 336 g/mol. The van der Waals surface area contributed by atoms with Gasteiger partial charge in [0.25, 0.3) is 0 Å². The van der Waals surface area contributed by atoms with Crippen LogP contribution >= 0.6 is 11.8 Å². The van der Waals surface area contributed by atoms with E-state index in [2.05, 4.69) is 6.58 Å². The van der Waals surface area contributed by atoms with Crippen LogP contribution in [0.4, 0.5) is 0 Å². The Morgan fingerprint density at radius 3 is 2.48 bits per heavy atom. The maximum absolute atomic E-state index is 12.1. The molecule has 4 nitrogen and oxygen atoms in total. The first-order valence-electron chi connectivity index (χ1n) is 7.46. The number of hydrogen-bond acceptors (Lipinski definition) is 5. The fraction of sp³-hybridized carbons (Fsp3) is 0.444. The van der Waals surface area contributed by atoms with Crippen LogP contribution in [0.5, 0.6) is 0 Å². The molecule has 23 heavy (non-hydrogen) atoms. The van der Waals surface area contributed by atoms with Crippen LogP contribution in [0.2, 0.25) is 0 Å². The van der Waals surface area contributed by atoms with Gasteiger partial charge in [-0.15, -0.1) is 18.3 Å². The summed E-state index contributed by atoms with van der Waals surface area (Å²) in [5.41, 5.74) is 0.380. The van der Waals surface area contributed by atoms with E-state index in [1.165, 1.54) is 11.8 Å². The maximum Gasteiger partial charge on any atom is 0.319 e. The number of esters is 2. The molecule has 1 atom stereocenters. The molecule has 1 aromatic carbocycles. The Balaban J connectivity index is 2.43. The third-order valence-electron chi connectivity index (χ3n) is 2.70. The number of hydrogen-bond donors (Lipinski definition) is 0. The average Bonchev–Trinajstić information content (AvgIpc) is 2.48. The molecule has 0 radical (unpaired) electrons. The number of carbonyl (C=O) groups is 2. The van der Waals surface area contributed by atoms with Gasteiger partial charge in [0.05, 0.1) is 5.75 Å². The minimum atomic E-state index is -0.551. The van der Waals surface area contributed by atoms with Crippen LogP contribution in [0.25, 0.3) is 0 Å². The minimum absolute atomic E-state index is 0.102. The molecule has 0 N–H and O–H groups in total. The van der Waals surface area contributed by atoms with Crippen LogP contribution in [-0.4, -0.2) is 28.5 Å². The maximum atomic E-state index is 12.1. The van der Waals surface area contributed by atoms with E-state index in [9.17, 15) is 9.59 Å². The first-order chi connectivity index (χ1) is 10.8. The van der Waals surface area contributed by atoms with Crippen molar-refractivity contribution in [1.29, 1.82) is 0 Å². The summed E-state index contributed by atoms with van der Waals surface area (Å²) in [6.07, 6.45) is 2.10. The molecular weight excluding hydrogens is 312 g/mol. The van der Waals surface area contributed by atoms with Gasteiger partial charge in [-0.25, -0.2) is 0 Å². The van der Waals surface area contributed by atoms with Gasteiger partial charge < -0.3 is 9.47 Å². The fourth-order valence-corrected chi connectivity index (χ4v) is 2.58. The molecule has 5 heteroatoms. The quantitative estimate of drug-likeness (QED) is 0.534. The molecule has 0 heterocycles. The number of carbonyl (C=O) groups excluding carboxylic acids is 2. The van der Waals surface area contributed by atoms with Crippen molar-refractivity contribution in [1.82, 2.24) is 0 Å². The Kier molecular flexibility index (Phi) is 7.89. The third kappa shape index (κ3) is 8.45. The SMILES string of the molecule is C=CCC(SCC(=O)OCc1ccccc1)C(=O)OC(C)(C)C. The van der Waals surface area contributed by atoms with E-state index in [-0.39, 0.29) is 24.3 Å². The Labute approximate surface area is 142 Å². The number of thioether (sulfide) groups is 1. The number of benzene rings is 1. The lowest BCUT2D eigenvalue weighted by Gasteiger charge is -2.23. The Bertz CT molecular complexity index is 520. The first kappa shape index (κ1) is 19.3. The summed E-state index contributed by atoms with van der Waals surface area (Å²) in [4.78, 5) is 23.9. The highest BCUT2D eigenvalue weighted by Gasteiger charge is 2.25. The normalized spacial score (nSPS) is 12.3. The van der Waals surface area contributed by atoms with E-state index in [1.54, 1.807) is 6.08 Å². The molecule has 1 rings (SSSR count). The van der Waals surface area contributed by atoms with Crippen LogP contribution in [-0.2, 0) is 25.7 Å². The summed E-state index contributed by atoms with van der Waals surface area (Å²) in [6.45, 7) is 9.32. The highest BCUT2D eigenvalue weighted by molar-refractivity contribution is 8.01. The molecular formula is C18H24O4S. The van der Waals surface area contributed by atoms with Gasteiger partial charge >= 0.3 is 11.9 Å². The second kappa shape index (κ2) is 9.40. The van der Waals surface area contributed by atoms with Gasteiger partial charge in [0.2, 0.25) is 0 Å².